The van der Waals surface area contributed by atoms with Crippen molar-refractivity contribution >= 4 is 0 Å². The highest BCUT2D eigenvalue weighted by Gasteiger charge is 2.13. The van der Waals surface area contributed by atoms with Crippen LogP contribution in [0.2, 0.25) is 0 Å². The maximum Gasteiger partial charge on any atom is 0.129 e. The molecule has 1 atom stereocenters. The predicted octanol–water partition coefficient (Wildman–Crippen LogP) is 1.92. The van der Waals surface area contributed by atoms with Crippen LogP contribution in [0.5, 0.6) is 0 Å². The summed E-state index contributed by atoms with van der Waals surface area (Å²) in [5.41, 5.74) is 0. The third-order valence-electron chi connectivity index (χ3n) is 2.72. The molecule has 0 aliphatic carbocycles. The Morgan fingerprint density at radius 3 is 2.59 bits per heavy atom. The molecule has 98 valence electrons. The second-order valence-corrected chi connectivity index (χ2v) is 4.42. The Labute approximate surface area is 103 Å². The van der Waals surface area contributed by atoms with Crippen molar-refractivity contribution < 1.29 is 14.3 Å². The van der Waals surface area contributed by atoms with E-state index in [0.29, 0.717) is 30.9 Å². The lowest BCUT2D eigenvalue weighted by Gasteiger charge is -2.21. The molecule has 0 saturated heterocycles. The van der Waals surface area contributed by atoms with Crippen molar-refractivity contribution in [1.29, 1.82) is 0 Å². The van der Waals surface area contributed by atoms with Gasteiger partial charge in [0.2, 0.25) is 0 Å². The molecule has 4 heteroatoms. The maximum atomic E-state index is 8.90. The highest BCUT2D eigenvalue weighted by atomic mass is 16.5. The number of rotatable bonds is 8. The summed E-state index contributed by atoms with van der Waals surface area (Å²) in [5, 5.41) is 12.3. The number of aliphatic hydroxyl groups is 1. The first-order valence-electron chi connectivity index (χ1n) is 6.17. The zero-order valence-corrected chi connectivity index (χ0v) is 10.9. The van der Waals surface area contributed by atoms with Crippen molar-refractivity contribution in [3.05, 3.63) is 23.7 Å². The van der Waals surface area contributed by atoms with E-state index in [1.807, 2.05) is 13.0 Å². The van der Waals surface area contributed by atoms with Crippen molar-refractivity contribution in [2.24, 2.45) is 5.92 Å². The minimum absolute atomic E-state index is 0.0491. The Balaban J connectivity index is 2.40. The molecule has 0 aliphatic rings. The van der Waals surface area contributed by atoms with Gasteiger partial charge in [-0.3, -0.25) is 0 Å². The molecule has 17 heavy (non-hydrogen) atoms. The van der Waals surface area contributed by atoms with Gasteiger partial charge in [0.15, 0.2) is 0 Å². The summed E-state index contributed by atoms with van der Waals surface area (Å²) < 4.78 is 10.9. The first-order valence-corrected chi connectivity index (χ1v) is 6.17. The molecular formula is C13H23NO3. The monoisotopic (exact) mass is 241 g/mol. The fourth-order valence-corrected chi connectivity index (χ4v) is 1.57. The number of furan rings is 1. The van der Waals surface area contributed by atoms with E-state index in [-0.39, 0.29) is 6.61 Å². The Morgan fingerprint density at radius 2 is 2.06 bits per heavy atom. The summed E-state index contributed by atoms with van der Waals surface area (Å²) in [6.45, 7) is 8.39. The molecule has 0 spiro atoms. The van der Waals surface area contributed by atoms with Crippen molar-refractivity contribution in [3.8, 4) is 0 Å². The van der Waals surface area contributed by atoms with E-state index in [4.69, 9.17) is 14.3 Å². The van der Waals surface area contributed by atoms with Gasteiger partial charge in [-0.2, -0.15) is 0 Å². The van der Waals surface area contributed by atoms with Crippen LogP contribution in [0.25, 0.3) is 0 Å². The Kier molecular flexibility index (Phi) is 6.26. The second-order valence-electron chi connectivity index (χ2n) is 4.42. The van der Waals surface area contributed by atoms with E-state index in [1.54, 1.807) is 6.07 Å². The molecule has 1 heterocycles. The zero-order valence-electron chi connectivity index (χ0n) is 10.9. The van der Waals surface area contributed by atoms with Crippen LogP contribution in [0, 0.1) is 5.92 Å². The van der Waals surface area contributed by atoms with Gasteiger partial charge < -0.3 is 19.6 Å². The standard InChI is InChI=1S/C13H23NO3/c1-4-16-9-13(10(2)3)14-7-11-5-6-12(8-15)17-11/h5-6,10,13-15H,4,7-9H2,1-3H3. The zero-order chi connectivity index (χ0) is 12.7. The fourth-order valence-electron chi connectivity index (χ4n) is 1.57. The average Bonchev–Trinajstić information content (AvgIpc) is 2.76. The highest BCUT2D eigenvalue weighted by Crippen LogP contribution is 2.09. The van der Waals surface area contributed by atoms with Gasteiger partial charge in [0.25, 0.3) is 0 Å². The molecule has 0 amide bonds. The lowest BCUT2D eigenvalue weighted by molar-refractivity contribution is 0.107. The van der Waals surface area contributed by atoms with Crippen LogP contribution in [-0.4, -0.2) is 24.4 Å². The lowest BCUT2D eigenvalue weighted by atomic mass is 10.1. The van der Waals surface area contributed by atoms with Gasteiger partial charge in [0, 0.05) is 12.6 Å². The van der Waals surface area contributed by atoms with Gasteiger partial charge >= 0.3 is 0 Å². The molecular weight excluding hydrogens is 218 g/mol. The SMILES string of the molecule is CCOCC(NCc1ccc(CO)o1)C(C)C. The van der Waals surface area contributed by atoms with Crippen LogP contribution in [0.3, 0.4) is 0 Å². The number of hydrogen-bond donors (Lipinski definition) is 2. The van der Waals surface area contributed by atoms with Crippen LogP contribution in [0.4, 0.5) is 0 Å². The number of ether oxygens (including phenoxy) is 1. The van der Waals surface area contributed by atoms with Gasteiger partial charge in [-0.1, -0.05) is 13.8 Å². The normalized spacial score (nSPS) is 13.2. The maximum absolute atomic E-state index is 8.90. The fraction of sp³-hybridized carbons (Fsp3) is 0.692. The number of hydrogen-bond acceptors (Lipinski definition) is 4. The predicted molar refractivity (Wildman–Crippen MR) is 66.6 cm³/mol. The van der Waals surface area contributed by atoms with Crippen LogP contribution >= 0.6 is 0 Å². The quantitative estimate of drug-likeness (QED) is 0.730. The molecule has 0 bridgehead atoms. The molecule has 0 aromatic carbocycles. The van der Waals surface area contributed by atoms with Gasteiger partial charge in [0.05, 0.1) is 13.2 Å². The molecule has 0 saturated carbocycles. The molecule has 0 radical (unpaired) electrons. The molecule has 0 fully saturated rings. The summed E-state index contributed by atoms with van der Waals surface area (Å²) in [6.07, 6.45) is 0. The minimum atomic E-state index is -0.0491. The van der Waals surface area contributed by atoms with Crippen molar-refractivity contribution in [3.63, 3.8) is 0 Å². The average molecular weight is 241 g/mol. The van der Waals surface area contributed by atoms with E-state index in [9.17, 15) is 0 Å². The summed E-state index contributed by atoms with van der Waals surface area (Å²) in [5.74, 6) is 1.96. The third-order valence-corrected chi connectivity index (χ3v) is 2.72. The molecule has 1 aromatic heterocycles. The van der Waals surface area contributed by atoms with Crippen molar-refractivity contribution in [2.45, 2.75) is 40.0 Å². The molecule has 1 aromatic rings. The third kappa shape index (κ3) is 4.89. The van der Waals surface area contributed by atoms with E-state index in [1.165, 1.54) is 0 Å². The van der Waals surface area contributed by atoms with Gasteiger partial charge in [-0.15, -0.1) is 0 Å². The van der Waals surface area contributed by atoms with Crippen LogP contribution < -0.4 is 5.32 Å². The van der Waals surface area contributed by atoms with Gasteiger partial charge in [0.1, 0.15) is 18.1 Å². The number of aliphatic hydroxyl groups excluding tert-OH is 1. The van der Waals surface area contributed by atoms with Crippen LogP contribution in [0.1, 0.15) is 32.3 Å². The van der Waals surface area contributed by atoms with Crippen LogP contribution in [-0.2, 0) is 17.9 Å². The summed E-state index contributed by atoms with van der Waals surface area (Å²) >= 11 is 0. The molecule has 1 unspecified atom stereocenters. The van der Waals surface area contributed by atoms with E-state index in [0.717, 1.165) is 12.4 Å². The van der Waals surface area contributed by atoms with E-state index >= 15 is 0 Å². The van der Waals surface area contributed by atoms with Crippen molar-refractivity contribution in [2.75, 3.05) is 13.2 Å². The smallest absolute Gasteiger partial charge is 0.129 e. The molecule has 4 nitrogen and oxygen atoms in total. The van der Waals surface area contributed by atoms with Crippen molar-refractivity contribution in [1.82, 2.24) is 5.32 Å². The molecule has 2 N–H and O–H groups in total. The molecule has 0 aliphatic heterocycles. The van der Waals surface area contributed by atoms with Crippen LogP contribution in [0.15, 0.2) is 16.5 Å². The second kappa shape index (κ2) is 7.48. The van der Waals surface area contributed by atoms with Gasteiger partial charge in [-0.25, -0.2) is 0 Å². The minimum Gasteiger partial charge on any atom is -0.462 e. The van der Waals surface area contributed by atoms with Gasteiger partial charge in [-0.05, 0) is 25.0 Å². The Morgan fingerprint density at radius 1 is 1.35 bits per heavy atom. The summed E-state index contributed by atoms with van der Waals surface area (Å²) in [4.78, 5) is 0. The number of nitrogens with one attached hydrogen (secondary N) is 1. The highest BCUT2D eigenvalue weighted by molar-refractivity contribution is 5.06. The lowest BCUT2D eigenvalue weighted by Crippen LogP contribution is -2.37. The first kappa shape index (κ1) is 14.2. The van der Waals surface area contributed by atoms with E-state index < -0.39 is 0 Å². The Bertz CT molecular complexity index is 309. The Hall–Kier alpha value is -0.840. The molecule has 1 rings (SSSR count). The topological polar surface area (TPSA) is 54.6 Å². The van der Waals surface area contributed by atoms with E-state index in [2.05, 4.69) is 19.2 Å². The summed E-state index contributed by atoms with van der Waals surface area (Å²) in [7, 11) is 0. The summed E-state index contributed by atoms with van der Waals surface area (Å²) in [6, 6.07) is 4.00. The largest absolute Gasteiger partial charge is 0.462 e. The first-order chi connectivity index (χ1) is 8.17.